The Labute approximate surface area is 41.0 Å². The normalized spacial score (nSPS) is 10.0. The summed E-state index contributed by atoms with van der Waals surface area (Å²) < 4.78 is 5.03. The molecule has 0 aliphatic rings. The first-order chi connectivity index (χ1) is 2.77. The molecule has 0 unspecified atom stereocenters. The average molecular weight is 102 g/mol. The summed E-state index contributed by atoms with van der Waals surface area (Å²) in [6.07, 6.45) is 0. The van der Waals surface area contributed by atoms with Crippen LogP contribution in [0.25, 0.3) is 0 Å². The molecule has 0 saturated heterocycles. The summed E-state index contributed by atoms with van der Waals surface area (Å²) in [6, 6.07) is 0. The highest BCUT2D eigenvalue weighted by Crippen LogP contribution is 1.78. The van der Waals surface area contributed by atoms with E-state index in [1.165, 1.54) is 0 Å². The van der Waals surface area contributed by atoms with E-state index < -0.39 is 9.04 Å². The van der Waals surface area contributed by atoms with Crippen LogP contribution in [0, 0.1) is 6.92 Å². The van der Waals surface area contributed by atoms with Crippen LogP contribution in [0.5, 0.6) is 0 Å². The van der Waals surface area contributed by atoms with Crippen LogP contribution in [0.1, 0.15) is 0 Å². The molecule has 0 saturated carbocycles. The maximum atomic E-state index is 5.03. The standard InChI is InChI=1S/C4H10OSi/c1-4-5-6(2)3/h1,4H2,2-3H3. The highest BCUT2D eigenvalue weighted by atomic mass is 28.3. The first-order valence-corrected chi connectivity index (χ1v) is 4.40. The number of hydrogen-bond acceptors (Lipinski definition) is 1. The molecule has 1 nitrogen and oxygen atoms in total. The summed E-state index contributed by atoms with van der Waals surface area (Å²) >= 11 is 0. The summed E-state index contributed by atoms with van der Waals surface area (Å²) in [6.45, 7) is 8.34. The van der Waals surface area contributed by atoms with Gasteiger partial charge in [0.25, 0.3) is 0 Å². The number of hydrogen-bond donors (Lipinski definition) is 0. The van der Waals surface area contributed by atoms with Crippen molar-refractivity contribution in [1.29, 1.82) is 0 Å². The Bertz CT molecular complexity index is 28.7. The summed E-state index contributed by atoms with van der Waals surface area (Å²) in [5, 5.41) is 0. The molecule has 36 valence electrons. The van der Waals surface area contributed by atoms with Gasteiger partial charge in [0.15, 0.2) is 0 Å². The van der Waals surface area contributed by atoms with Gasteiger partial charge in [-0.25, -0.2) is 0 Å². The molecular formula is C4H10OSi. The fourth-order valence-corrected chi connectivity index (χ4v) is 0.612. The van der Waals surface area contributed by atoms with Gasteiger partial charge in [0.05, 0.1) is 0 Å². The number of rotatable bonds is 2. The highest BCUT2D eigenvalue weighted by Gasteiger charge is 1.89. The molecule has 0 aromatic heterocycles. The Balaban J connectivity index is 2.63. The maximum Gasteiger partial charge on any atom is 0.204 e. The van der Waals surface area contributed by atoms with Crippen LogP contribution in [-0.2, 0) is 4.43 Å². The van der Waals surface area contributed by atoms with E-state index in [1.54, 1.807) is 0 Å². The first kappa shape index (κ1) is 6.18. The van der Waals surface area contributed by atoms with Crippen molar-refractivity contribution in [3.63, 3.8) is 0 Å². The highest BCUT2D eigenvalue weighted by molar-refractivity contribution is 6.48. The average Bonchev–Trinajstić information content (AvgIpc) is 1.35. The third-order valence-electron chi connectivity index (χ3n) is 0.391. The minimum atomic E-state index is -0.448. The largest absolute Gasteiger partial charge is 0.417 e. The Hall–Kier alpha value is 0.177. The molecule has 0 N–H and O–H groups in total. The van der Waals surface area contributed by atoms with E-state index >= 15 is 0 Å². The van der Waals surface area contributed by atoms with E-state index in [9.17, 15) is 0 Å². The van der Waals surface area contributed by atoms with Crippen molar-refractivity contribution in [2.75, 3.05) is 6.61 Å². The van der Waals surface area contributed by atoms with Crippen molar-refractivity contribution in [3.05, 3.63) is 6.92 Å². The van der Waals surface area contributed by atoms with Gasteiger partial charge in [-0.05, 0) is 20.0 Å². The Morgan fingerprint density at radius 3 is 2.17 bits per heavy atom. The second-order valence-electron chi connectivity index (χ2n) is 1.26. The van der Waals surface area contributed by atoms with Crippen LogP contribution in [0.2, 0.25) is 13.1 Å². The minimum Gasteiger partial charge on any atom is -0.417 e. The second kappa shape index (κ2) is 3.37. The lowest BCUT2D eigenvalue weighted by Gasteiger charge is -1.97. The third-order valence-corrected chi connectivity index (χ3v) is 1.17. The molecule has 0 amide bonds. The molecule has 0 spiro atoms. The van der Waals surface area contributed by atoms with Crippen LogP contribution in [0.15, 0.2) is 0 Å². The van der Waals surface area contributed by atoms with Gasteiger partial charge in [-0.15, -0.1) is 0 Å². The molecule has 0 aromatic carbocycles. The van der Waals surface area contributed by atoms with Gasteiger partial charge < -0.3 is 4.43 Å². The zero-order chi connectivity index (χ0) is 4.99. The molecular weight excluding hydrogens is 92.1 g/mol. The van der Waals surface area contributed by atoms with Crippen LogP contribution >= 0.6 is 0 Å². The molecule has 0 heterocycles. The summed E-state index contributed by atoms with van der Waals surface area (Å²) in [4.78, 5) is 0. The summed E-state index contributed by atoms with van der Waals surface area (Å²) in [5.74, 6) is 0. The van der Waals surface area contributed by atoms with E-state index in [1.807, 2.05) is 0 Å². The smallest absolute Gasteiger partial charge is 0.204 e. The Morgan fingerprint density at radius 2 is 2.17 bits per heavy atom. The zero-order valence-electron chi connectivity index (χ0n) is 4.32. The Kier molecular flexibility index (Phi) is 3.47. The lowest BCUT2D eigenvalue weighted by molar-refractivity contribution is 0.372. The second-order valence-corrected chi connectivity index (χ2v) is 3.36. The predicted octanol–water partition coefficient (Wildman–Crippen LogP) is 1.09. The van der Waals surface area contributed by atoms with Crippen LogP contribution in [0.4, 0.5) is 0 Å². The molecule has 0 aromatic rings. The third kappa shape index (κ3) is 4.18. The van der Waals surface area contributed by atoms with Crippen LogP contribution in [-0.4, -0.2) is 15.6 Å². The fourth-order valence-electron chi connectivity index (χ4n) is 0.204. The first-order valence-electron chi connectivity index (χ1n) is 1.99. The maximum absolute atomic E-state index is 5.03. The topological polar surface area (TPSA) is 9.23 Å². The fraction of sp³-hybridized carbons (Fsp3) is 0.750. The van der Waals surface area contributed by atoms with Crippen LogP contribution < -0.4 is 0 Å². The molecule has 6 heavy (non-hydrogen) atoms. The van der Waals surface area contributed by atoms with Crippen molar-refractivity contribution in [3.8, 4) is 0 Å². The lowest BCUT2D eigenvalue weighted by Crippen LogP contribution is -2.05. The molecule has 2 radical (unpaired) electrons. The molecule has 0 aliphatic carbocycles. The molecule has 0 atom stereocenters. The van der Waals surface area contributed by atoms with Crippen molar-refractivity contribution in [2.45, 2.75) is 13.1 Å². The summed E-state index contributed by atoms with van der Waals surface area (Å²) in [7, 11) is -0.448. The monoisotopic (exact) mass is 102 g/mol. The van der Waals surface area contributed by atoms with Crippen molar-refractivity contribution < 1.29 is 4.43 Å². The van der Waals surface area contributed by atoms with Gasteiger partial charge in [0, 0.05) is 6.61 Å². The van der Waals surface area contributed by atoms with E-state index in [4.69, 9.17) is 4.43 Å². The van der Waals surface area contributed by atoms with Crippen LogP contribution in [0.3, 0.4) is 0 Å². The Morgan fingerprint density at radius 1 is 1.67 bits per heavy atom. The summed E-state index contributed by atoms with van der Waals surface area (Å²) in [5.41, 5.74) is 0. The molecule has 0 rings (SSSR count). The van der Waals surface area contributed by atoms with Crippen molar-refractivity contribution >= 4 is 9.04 Å². The molecule has 0 bridgehead atoms. The van der Waals surface area contributed by atoms with Crippen molar-refractivity contribution in [1.82, 2.24) is 0 Å². The molecule has 0 fully saturated rings. The van der Waals surface area contributed by atoms with E-state index in [2.05, 4.69) is 20.0 Å². The van der Waals surface area contributed by atoms with Gasteiger partial charge >= 0.3 is 0 Å². The van der Waals surface area contributed by atoms with Gasteiger partial charge in [-0.1, -0.05) is 0 Å². The van der Waals surface area contributed by atoms with Gasteiger partial charge in [0.1, 0.15) is 0 Å². The lowest BCUT2D eigenvalue weighted by atomic mass is 10.9. The minimum absolute atomic E-state index is 0.448. The van der Waals surface area contributed by atoms with E-state index in [0.29, 0.717) is 6.61 Å². The quantitative estimate of drug-likeness (QED) is 0.474. The zero-order valence-corrected chi connectivity index (χ0v) is 5.32. The molecule has 0 aliphatic heterocycles. The van der Waals surface area contributed by atoms with E-state index in [0.717, 1.165) is 0 Å². The van der Waals surface area contributed by atoms with E-state index in [-0.39, 0.29) is 0 Å². The predicted molar refractivity (Wildman–Crippen MR) is 28.8 cm³/mol. The van der Waals surface area contributed by atoms with Gasteiger partial charge in [0.2, 0.25) is 9.04 Å². The van der Waals surface area contributed by atoms with Crippen molar-refractivity contribution in [2.24, 2.45) is 0 Å². The van der Waals surface area contributed by atoms with Gasteiger partial charge in [-0.2, -0.15) is 0 Å². The SMILES string of the molecule is [CH2]CO[Si](C)C. The molecule has 2 heteroatoms. The van der Waals surface area contributed by atoms with Gasteiger partial charge in [-0.3, -0.25) is 0 Å².